The van der Waals surface area contributed by atoms with Crippen molar-refractivity contribution >= 4 is 27.5 Å². The van der Waals surface area contributed by atoms with Gasteiger partial charge in [0, 0.05) is 9.50 Å². The van der Waals surface area contributed by atoms with Crippen LogP contribution in [0.3, 0.4) is 0 Å². The van der Waals surface area contributed by atoms with Gasteiger partial charge in [-0.3, -0.25) is 0 Å². The first-order valence-corrected chi connectivity index (χ1v) is 4.99. The molecule has 0 bridgehead atoms. The molecule has 0 aliphatic heterocycles. The van der Waals surface area contributed by atoms with E-state index in [1.165, 1.54) is 12.5 Å². The van der Waals surface area contributed by atoms with Gasteiger partial charge < -0.3 is 4.57 Å². The maximum Gasteiger partial charge on any atom is 0.231 e. The van der Waals surface area contributed by atoms with Crippen molar-refractivity contribution in [2.24, 2.45) is 0 Å². The van der Waals surface area contributed by atoms with Gasteiger partial charge in [0.05, 0.1) is 11.9 Å². The Morgan fingerprint density at radius 1 is 1.43 bits per heavy atom. The molecule has 0 unspecified atom stereocenters. The molecule has 0 radical (unpaired) electrons. The van der Waals surface area contributed by atoms with Gasteiger partial charge in [-0.25, -0.2) is 4.98 Å². The highest BCUT2D eigenvalue weighted by Gasteiger charge is 2.04. The molecule has 0 spiro atoms. The van der Waals surface area contributed by atoms with E-state index < -0.39 is 5.95 Å². The second kappa shape index (κ2) is 3.71. The lowest BCUT2D eigenvalue weighted by Gasteiger charge is -2.04. The molecule has 0 N–H and O–H groups in total. The molecule has 72 valence electrons. The summed E-state index contributed by atoms with van der Waals surface area (Å²) < 4.78 is 15.0. The van der Waals surface area contributed by atoms with E-state index in [2.05, 4.69) is 20.9 Å². The van der Waals surface area contributed by atoms with E-state index in [4.69, 9.17) is 11.6 Å². The number of hydrogen-bond acceptors (Lipinski definition) is 1. The van der Waals surface area contributed by atoms with Crippen LogP contribution in [0.4, 0.5) is 4.39 Å². The number of hydrogen-bond donors (Lipinski definition) is 0. The number of nitrogens with zero attached hydrogens (tertiary/aromatic N) is 2. The van der Waals surface area contributed by atoms with Gasteiger partial charge in [-0.15, -0.1) is 0 Å². The molecule has 2 rings (SSSR count). The lowest BCUT2D eigenvalue weighted by atomic mass is 10.3. The van der Waals surface area contributed by atoms with Crippen LogP contribution in [0.1, 0.15) is 0 Å². The van der Waals surface area contributed by atoms with E-state index in [0.717, 1.165) is 10.2 Å². The average molecular weight is 276 g/mol. The number of rotatable bonds is 1. The standard InChI is InChI=1S/C9H5BrClFN2/c10-7-3-6(11)1-2-8(7)14-4-9(12)13-5-14/h1-5H. The van der Waals surface area contributed by atoms with E-state index >= 15 is 0 Å². The van der Waals surface area contributed by atoms with Crippen LogP contribution in [0.15, 0.2) is 35.2 Å². The minimum Gasteiger partial charge on any atom is -0.302 e. The first-order chi connectivity index (χ1) is 6.66. The van der Waals surface area contributed by atoms with Crippen LogP contribution in [0.2, 0.25) is 5.02 Å². The minimum absolute atomic E-state index is 0.508. The molecule has 1 heterocycles. The van der Waals surface area contributed by atoms with Gasteiger partial charge in [-0.2, -0.15) is 4.39 Å². The number of benzene rings is 1. The Morgan fingerprint density at radius 2 is 2.21 bits per heavy atom. The fraction of sp³-hybridized carbons (Fsp3) is 0. The molecule has 0 amide bonds. The summed E-state index contributed by atoms with van der Waals surface area (Å²) in [6.07, 6.45) is 2.71. The molecule has 0 aliphatic carbocycles. The van der Waals surface area contributed by atoms with Crippen LogP contribution < -0.4 is 0 Å². The molecular formula is C9H5BrClFN2. The molecule has 1 aromatic carbocycles. The Morgan fingerprint density at radius 3 is 2.79 bits per heavy atom. The highest BCUT2D eigenvalue weighted by molar-refractivity contribution is 9.10. The van der Waals surface area contributed by atoms with Gasteiger partial charge in [-0.1, -0.05) is 11.6 Å². The quantitative estimate of drug-likeness (QED) is 0.780. The summed E-state index contributed by atoms with van der Waals surface area (Å²) in [4.78, 5) is 3.50. The van der Waals surface area contributed by atoms with E-state index in [0.29, 0.717) is 5.02 Å². The van der Waals surface area contributed by atoms with Gasteiger partial charge in [0.15, 0.2) is 0 Å². The summed E-state index contributed by atoms with van der Waals surface area (Å²) in [5, 5.41) is 0.626. The Hall–Kier alpha value is -0.870. The summed E-state index contributed by atoms with van der Waals surface area (Å²) in [7, 11) is 0. The topological polar surface area (TPSA) is 17.8 Å². The molecule has 2 nitrogen and oxygen atoms in total. The Bertz CT molecular complexity index is 470. The normalized spacial score (nSPS) is 10.5. The largest absolute Gasteiger partial charge is 0.302 e. The lowest BCUT2D eigenvalue weighted by Crippen LogP contribution is -1.90. The minimum atomic E-state index is -0.508. The fourth-order valence-electron chi connectivity index (χ4n) is 1.12. The summed E-state index contributed by atoms with van der Waals surface area (Å²) >= 11 is 9.12. The van der Waals surface area contributed by atoms with Crippen molar-refractivity contribution < 1.29 is 4.39 Å². The number of aromatic nitrogens is 2. The Balaban J connectivity index is 2.52. The van der Waals surface area contributed by atoms with Crippen molar-refractivity contribution in [1.29, 1.82) is 0 Å². The lowest BCUT2D eigenvalue weighted by molar-refractivity contribution is 0.590. The highest BCUT2D eigenvalue weighted by atomic mass is 79.9. The second-order valence-corrected chi connectivity index (χ2v) is 3.99. The Labute approximate surface area is 93.5 Å². The van der Waals surface area contributed by atoms with Crippen molar-refractivity contribution in [2.45, 2.75) is 0 Å². The molecular weight excluding hydrogens is 270 g/mol. The van der Waals surface area contributed by atoms with Crippen LogP contribution in [-0.4, -0.2) is 9.55 Å². The SMILES string of the molecule is Fc1cn(-c2ccc(Cl)cc2Br)cn1. The first kappa shape index (κ1) is 9.68. The van der Waals surface area contributed by atoms with Crippen LogP contribution >= 0.6 is 27.5 Å². The zero-order valence-corrected chi connectivity index (χ0v) is 9.26. The smallest absolute Gasteiger partial charge is 0.231 e. The van der Waals surface area contributed by atoms with Gasteiger partial charge >= 0.3 is 0 Å². The molecule has 5 heteroatoms. The molecule has 1 aromatic heterocycles. The summed E-state index contributed by atoms with van der Waals surface area (Å²) in [6.45, 7) is 0. The van der Waals surface area contributed by atoms with Crippen molar-refractivity contribution in [3.05, 3.63) is 46.2 Å². The summed E-state index contributed by atoms with van der Waals surface area (Å²) in [5.41, 5.74) is 0.797. The van der Waals surface area contributed by atoms with Crippen molar-refractivity contribution in [3.8, 4) is 5.69 Å². The van der Waals surface area contributed by atoms with Gasteiger partial charge in [-0.05, 0) is 34.1 Å². The number of imidazole rings is 1. The van der Waals surface area contributed by atoms with Gasteiger partial charge in [0.25, 0.3) is 0 Å². The molecule has 0 saturated carbocycles. The van der Waals surface area contributed by atoms with Crippen LogP contribution in [0.5, 0.6) is 0 Å². The van der Waals surface area contributed by atoms with E-state index in [9.17, 15) is 4.39 Å². The molecule has 0 atom stereocenters. The Kier molecular flexibility index (Phi) is 2.56. The van der Waals surface area contributed by atoms with Crippen LogP contribution in [-0.2, 0) is 0 Å². The maximum absolute atomic E-state index is 12.7. The third kappa shape index (κ3) is 1.81. The summed E-state index contributed by atoms with van der Waals surface area (Å²) in [6, 6.07) is 5.27. The van der Waals surface area contributed by atoms with E-state index in [1.54, 1.807) is 22.8 Å². The van der Waals surface area contributed by atoms with Crippen molar-refractivity contribution in [3.63, 3.8) is 0 Å². The van der Waals surface area contributed by atoms with Crippen LogP contribution in [0, 0.1) is 5.95 Å². The third-order valence-corrected chi connectivity index (χ3v) is 2.61. The molecule has 0 aliphatic rings. The third-order valence-electron chi connectivity index (χ3n) is 1.74. The van der Waals surface area contributed by atoms with E-state index in [1.807, 2.05) is 0 Å². The summed E-state index contributed by atoms with van der Waals surface area (Å²) in [5.74, 6) is -0.508. The van der Waals surface area contributed by atoms with E-state index in [-0.39, 0.29) is 0 Å². The molecule has 14 heavy (non-hydrogen) atoms. The first-order valence-electron chi connectivity index (χ1n) is 3.82. The second-order valence-electron chi connectivity index (χ2n) is 2.70. The highest BCUT2D eigenvalue weighted by Crippen LogP contribution is 2.24. The van der Waals surface area contributed by atoms with Gasteiger partial charge in [0.2, 0.25) is 5.95 Å². The monoisotopic (exact) mass is 274 g/mol. The molecule has 0 saturated heterocycles. The molecule has 0 fully saturated rings. The predicted octanol–water partition coefficient (Wildman–Crippen LogP) is 3.43. The van der Waals surface area contributed by atoms with Gasteiger partial charge in [0.1, 0.15) is 6.33 Å². The maximum atomic E-state index is 12.7. The zero-order valence-electron chi connectivity index (χ0n) is 6.92. The fourth-order valence-corrected chi connectivity index (χ4v) is 2.01. The zero-order chi connectivity index (χ0) is 10.1. The molecule has 2 aromatic rings. The average Bonchev–Trinajstić information content (AvgIpc) is 2.51. The predicted molar refractivity (Wildman–Crippen MR) is 56.2 cm³/mol. The van der Waals surface area contributed by atoms with Crippen molar-refractivity contribution in [1.82, 2.24) is 9.55 Å². The van der Waals surface area contributed by atoms with Crippen molar-refractivity contribution in [2.75, 3.05) is 0 Å². The number of halogens is 3. The van der Waals surface area contributed by atoms with Crippen LogP contribution in [0.25, 0.3) is 5.69 Å².